The molecule has 1 aliphatic rings. The number of ether oxygens (including phenoxy) is 2. The smallest absolute Gasteiger partial charge is 0.403 e. The molecule has 180 valence electrons. The molecule has 0 aromatic carbocycles. The molecule has 0 bridgehead atoms. The van der Waals surface area contributed by atoms with Gasteiger partial charge in [0.2, 0.25) is 5.95 Å². The summed E-state index contributed by atoms with van der Waals surface area (Å²) in [4.78, 5) is 43.2. The Labute approximate surface area is 179 Å². The van der Waals surface area contributed by atoms with Gasteiger partial charge in [-0.15, -0.1) is 0 Å². The Kier molecular flexibility index (Phi) is 8.05. The van der Waals surface area contributed by atoms with E-state index in [1.54, 1.807) is 0 Å². The number of carbonyl (C=O) groups is 1. The summed E-state index contributed by atoms with van der Waals surface area (Å²) >= 11 is 0. The first-order valence-corrected chi connectivity index (χ1v) is 10.3. The summed E-state index contributed by atoms with van der Waals surface area (Å²) in [6.07, 6.45) is -4.51. The van der Waals surface area contributed by atoms with Crippen LogP contribution >= 0.6 is 7.75 Å². The minimum atomic E-state index is -4.64. The summed E-state index contributed by atoms with van der Waals surface area (Å²) in [5.74, 6) is -1.20. The van der Waals surface area contributed by atoms with Crippen molar-refractivity contribution in [2.75, 3.05) is 26.1 Å². The Morgan fingerprint density at radius 2 is 2.16 bits per heavy atom. The van der Waals surface area contributed by atoms with Crippen molar-refractivity contribution in [2.45, 2.75) is 30.6 Å². The number of aliphatic hydroxyl groups is 3. The van der Waals surface area contributed by atoms with Crippen LogP contribution < -0.4 is 22.5 Å². The largest absolute Gasteiger partial charge is 0.468 e. The van der Waals surface area contributed by atoms with E-state index in [4.69, 9.17) is 20.1 Å². The third kappa shape index (κ3) is 5.12. The molecule has 0 saturated carbocycles. The van der Waals surface area contributed by atoms with Gasteiger partial charge in [-0.25, -0.2) is 14.6 Å². The van der Waals surface area contributed by atoms with Crippen molar-refractivity contribution in [1.29, 1.82) is 0 Å². The van der Waals surface area contributed by atoms with Gasteiger partial charge < -0.3 is 41.6 Å². The first-order chi connectivity index (χ1) is 14.6. The molecule has 2 aromatic rings. The fraction of sp³-hybridized carbons (Fsp3) is 0.571. The fourth-order valence-electron chi connectivity index (χ4n) is 2.94. The molecule has 1 fully saturated rings. The number of aromatic amines is 1. The van der Waals surface area contributed by atoms with E-state index in [9.17, 15) is 29.3 Å². The second kappa shape index (κ2) is 9.99. The van der Waals surface area contributed by atoms with Crippen molar-refractivity contribution in [2.24, 2.45) is 0 Å². The molecule has 11 N–H and O–H groups in total. The summed E-state index contributed by atoms with van der Waals surface area (Å²) in [6, 6.07) is -1.53. The quantitative estimate of drug-likeness (QED) is 0.135. The number of fused-ring (bicyclic) bond motifs is 1. The highest BCUT2D eigenvalue weighted by atomic mass is 31.2. The monoisotopic (exact) mass is 481 g/mol. The molecule has 3 heterocycles. The van der Waals surface area contributed by atoms with Gasteiger partial charge in [-0.3, -0.25) is 23.7 Å². The number of H-pyrrole nitrogens is 1. The molecule has 6 atom stereocenters. The van der Waals surface area contributed by atoms with Gasteiger partial charge in [0.05, 0.1) is 26.7 Å². The Hall–Kier alpha value is -2.47. The number of rotatable bonds is 8. The van der Waals surface area contributed by atoms with Crippen molar-refractivity contribution in [3.8, 4) is 0 Å². The van der Waals surface area contributed by atoms with Crippen LogP contribution in [0.25, 0.3) is 11.2 Å². The number of aromatic nitrogens is 4. The summed E-state index contributed by atoms with van der Waals surface area (Å²) < 4.78 is 28.0. The maximum absolute atomic E-state index is 12.1. The Morgan fingerprint density at radius 3 is 2.78 bits per heavy atom. The van der Waals surface area contributed by atoms with Crippen LogP contribution in [0.2, 0.25) is 0 Å². The number of nitrogens with zero attached hydrogens (tertiary/aromatic N) is 3. The highest BCUT2D eigenvalue weighted by Gasteiger charge is 2.45. The third-order valence-corrected chi connectivity index (χ3v) is 5.60. The van der Waals surface area contributed by atoms with Gasteiger partial charge in [0.1, 0.15) is 24.4 Å². The molecule has 32 heavy (non-hydrogen) atoms. The zero-order valence-electron chi connectivity index (χ0n) is 16.7. The van der Waals surface area contributed by atoms with Gasteiger partial charge >= 0.3 is 13.7 Å². The van der Waals surface area contributed by atoms with E-state index in [1.807, 2.05) is 5.09 Å². The second-order valence-corrected chi connectivity index (χ2v) is 8.08. The standard InChI is InChI=1S/C14H21N6O10P.H3N/c1-28-13(25)5(2-21)19-31(26,27)29-3-6-8(22)9(23)12(30-6)20-4-16-7-10(20)17-14(15)18-11(7)24;/h4-6,8-9,12,21-23H,2-3H2,1H3,(H2,19,26,27)(H3,15,17,18,24);1H3/t5-,6+,8+,9+,12+;/m0./s1. The van der Waals surface area contributed by atoms with Crippen molar-refractivity contribution in [3.63, 3.8) is 0 Å². The minimum absolute atomic E-state index is 0. The van der Waals surface area contributed by atoms with E-state index in [0.29, 0.717) is 0 Å². The van der Waals surface area contributed by atoms with Crippen molar-refractivity contribution >= 4 is 30.8 Å². The Bertz CT molecular complexity index is 1060. The van der Waals surface area contributed by atoms with Crippen molar-refractivity contribution < 1.29 is 43.6 Å². The Balaban J connectivity index is 0.00000363. The van der Waals surface area contributed by atoms with Crippen LogP contribution in [-0.2, 0) is 23.4 Å². The molecule has 18 heteroatoms. The topological polar surface area (TPSA) is 279 Å². The van der Waals surface area contributed by atoms with Crippen molar-refractivity contribution in [1.82, 2.24) is 30.8 Å². The maximum atomic E-state index is 12.1. The summed E-state index contributed by atoms with van der Waals surface area (Å²) in [6.45, 7) is -1.52. The molecule has 2 aromatic heterocycles. The molecule has 1 aliphatic heterocycles. The van der Waals surface area contributed by atoms with E-state index in [0.717, 1.165) is 13.4 Å². The number of hydrogen-bond donors (Lipinski definition) is 8. The van der Waals surface area contributed by atoms with Gasteiger partial charge in [-0.1, -0.05) is 0 Å². The minimum Gasteiger partial charge on any atom is -0.468 e. The van der Waals surface area contributed by atoms with Crippen LogP contribution in [-0.4, -0.2) is 90.4 Å². The number of nitrogens with two attached hydrogens (primary N) is 1. The fourth-order valence-corrected chi connectivity index (χ4v) is 3.95. The number of nitrogen functional groups attached to an aromatic ring is 1. The average Bonchev–Trinajstić information content (AvgIpc) is 3.25. The number of methoxy groups -OCH3 is 1. The molecule has 0 aliphatic carbocycles. The van der Waals surface area contributed by atoms with Gasteiger partial charge in [-0.05, 0) is 0 Å². The van der Waals surface area contributed by atoms with Crippen LogP contribution in [0, 0.1) is 0 Å². The lowest BCUT2D eigenvalue weighted by Crippen LogP contribution is -2.40. The molecule has 0 amide bonds. The molecule has 1 saturated heterocycles. The maximum Gasteiger partial charge on any atom is 0.403 e. The number of nitrogens with one attached hydrogen (secondary N) is 2. The first-order valence-electron chi connectivity index (χ1n) is 8.75. The van der Waals surface area contributed by atoms with Gasteiger partial charge in [0, 0.05) is 0 Å². The summed E-state index contributed by atoms with van der Waals surface area (Å²) in [5.41, 5.74) is 4.80. The molecule has 0 spiro atoms. The lowest BCUT2D eigenvalue weighted by Gasteiger charge is -2.21. The van der Waals surface area contributed by atoms with Crippen LogP contribution in [0.15, 0.2) is 11.1 Å². The predicted molar refractivity (Wildman–Crippen MR) is 105 cm³/mol. The lowest BCUT2D eigenvalue weighted by atomic mass is 10.1. The molecular formula is C14H24N7O10P. The Morgan fingerprint density at radius 1 is 1.47 bits per heavy atom. The number of hydrogen-bond acceptors (Lipinski definition) is 13. The average molecular weight is 481 g/mol. The zero-order valence-corrected chi connectivity index (χ0v) is 17.6. The van der Waals surface area contributed by atoms with Crippen LogP contribution in [0.5, 0.6) is 0 Å². The zero-order chi connectivity index (χ0) is 22.9. The van der Waals surface area contributed by atoms with Crippen molar-refractivity contribution in [3.05, 3.63) is 16.7 Å². The molecule has 1 unspecified atom stereocenters. The van der Waals surface area contributed by atoms with Gasteiger partial charge in [0.15, 0.2) is 17.4 Å². The summed E-state index contributed by atoms with van der Waals surface area (Å²) in [7, 11) is -3.62. The third-order valence-electron chi connectivity index (χ3n) is 4.46. The number of anilines is 1. The highest BCUT2D eigenvalue weighted by Crippen LogP contribution is 2.40. The summed E-state index contributed by atoms with van der Waals surface area (Å²) in [5, 5.41) is 31.6. The predicted octanol–water partition coefficient (Wildman–Crippen LogP) is -3.28. The molecular weight excluding hydrogens is 457 g/mol. The van der Waals surface area contributed by atoms with Crippen LogP contribution in [0.1, 0.15) is 6.23 Å². The number of aliphatic hydroxyl groups excluding tert-OH is 3. The molecule has 3 rings (SSSR count). The van der Waals surface area contributed by atoms with Crippen LogP contribution in [0.4, 0.5) is 5.95 Å². The normalized spacial score (nSPS) is 25.8. The van der Waals surface area contributed by atoms with Gasteiger partial charge in [-0.2, -0.15) is 4.98 Å². The van der Waals surface area contributed by atoms with E-state index in [1.165, 1.54) is 4.57 Å². The van der Waals surface area contributed by atoms with Crippen LogP contribution in [0.3, 0.4) is 0 Å². The second-order valence-electron chi connectivity index (χ2n) is 6.53. The number of imidazole rings is 1. The number of esters is 1. The molecule has 17 nitrogen and oxygen atoms in total. The highest BCUT2D eigenvalue weighted by molar-refractivity contribution is 7.50. The first kappa shape index (κ1) is 25.8. The SMILES string of the molecule is COC(=O)[C@H](CO)NP(=O)(O)OC[C@H]1O[C@@H](n2cnc3c(=O)[nH]c(N)nc32)[C@H](O)[C@@H]1O.N. The van der Waals surface area contributed by atoms with E-state index >= 15 is 0 Å². The van der Waals surface area contributed by atoms with E-state index in [-0.39, 0.29) is 23.3 Å². The number of carbonyl (C=O) groups excluding carboxylic acids is 1. The van der Waals surface area contributed by atoms with E-state index in [2.05, 4.69) is 19.7 Å². The lowest BCUT2D eigenvalue weighted by molar-refractivity contribution is -0.143. The van der Waals surface area contributed by atoms with E-state index < -0.39 is 63.1 Å². The van der Waals surface area contributed by atoms with Gasteiger partial charge in [0.25, 0.3) is 5.56 Å². The molecule has 0 radical (unpaired) electrons.